The number of hydrogen-bond donors (Lipinski definition) is 0. The van der Waals surface area contributed by atoms with Crippen LogP contribution in [0, 0.1) is 0 Å². The zero-order valence-electron chi connectivity index (χ0n) is 6.37. The summed E-state index contributed by atoms with van der Waals surface area (Å²) >= 11 is 1.51. The molecule has 0 aromatic carbocycles. The van der Waals surface area contributed by atoms with Crippen LogP contribution in [0.25, 0.3) is 0 Å². The molecule has 2 nitrogen and oxygen atoms in total. The lowest BCUT2D eigenvalue weighted by Crippen LogP contribution is -1.90. The van der Waals surface area contributed by atoms with Gasteiger partial charge in [0, 0.05) is 5.92 Å². The Balaban J connectivity index is 2.50. The predicted molar refractivity (Wildman–Crippen MR) is 43.2 cm³/mol. The summed E-state index contributed by atoms with van der Waals surface area (Å²) in [6.07, 6.45) is 4.07. The van der Waals surface area contributed by atoms with Crippen LogP contribution >= 0.6 is 11.5 Å². The second-order valence-electron chi connectivity index (χ2n) is 2.47. The Hall–Kier alpha value is -0.440. The topological polar surface area (TPSA) is 25.8 Å². The first-order valence-electron chi connectivity index (χ1n) is 3.61. The van der Waals surface area contributed by atoms with Crippen LogP contribution in [0.1, 0.15) is 37.6 Å². The van der Waals surface area contributed by atoms with Gasteiger partial charge in [-0.3, -0.25) is 0 Å². The van der Waals surface area contributed by atoms with Gasteiger partial charge in [0.1, 0.15) is 11.3 Å². The second kappa shape index (κ2) is 3.66. The molecule has 1 atom stereocenters. The monoisotopic (exact) mass is 156 g/mol. The molecular weight excluding hydrogens is 144 g/mol. The first-order chi connectivity index (χ1) is 4.84. The van der Waals surface area contributed by atoms with Gasteiger partial charge in [0.2, 0.25) is 0 Å². The van der Waals surface area contributed by atoms with Gasteiger partial charge >= 0.3 is 0 Å². The molecule has 1 aromatic heterocycles. The van der Waals surface area contributed by atoms with Gasteiger partial charge in [-0.15, -0.1) is 0 Å². The Morgan fingerprint density at radius 2 is 2.50 bits per heavy atom. The quantitative estimate of drug-likeness (QED) is 0.671. The van der Waals surface area contributed by atoms with E-state index in [1.807, 2.05) is 0 Å². The highest BCUT2D eigenvalue weighted by atomic mass is 32.1. The van der Waals surface area contributed by atoms with E-state index in [1.54, 1.807) is 6.33 Å². The maximum Gasteiger partial charge on any atom is 0.129 e. The Morgan fingerprint density at radius 3 is 3.00 bits per heavy atom. The van der Waals surface area contributed by atoms with Crippen LogP contribution in [-0.2, 0) is 0 Å². The molecule has 0 aliphatic rings. The third-order valence-electron chi connectivity index (χ3n) is 1.52. The lowest BCUT2D eigenvalue weighted by molar-refractivity contribution is 0.660. The van der Waals surface area contributed by atoms with E-state index in [4.69, 9.17) is 0 Å². The van der Waals surface area contributed by atoms with Crippen LogP contribution in [0.5, 0.6) is 0 Å². The van der Waals surface area contributed by atoms with Crippen molar-refractivity contribution in [2.24, 2.45) is 0 Å². The molecule has 56 valence electrons. The number of nitrogens with zero attached hydrogens (tertiary/aromatic N) is 2. The van der Waals surface area contributed by atoms with Crippen LogP contribution in [0.2, 0.25) is 0 Å². The second-order valence-corrected chi connectivity index (χ2v) is 3.28. The van der Waals surface area contributed by atoms with Gasteiger partial charge in [-0.1, -0.05) is 20.3 Å². The fraction of sp³-hybridized carbons (Fsp3) is 0.714. The molecule has 3 heteroatoms. The molecule has 10 heavy (non-hydrogen) atoms. The summed E-state index contributed by atoms with van der Waals surface area (Å²) in [6.45, 7) is 4.39. The van der Waals surface area contributed by atoms with Crippen molar-refractivity contribution in [3.8, 4) is 0 Å². The Kier molecular flexibility index (Phi) is 2.81. The molecule has 1 unspecified atom stereocenters. The Morgan fingerprint density at radius 1 is 1.70 bits per heavy atom. The highest BCUT2D eigenvalue weighted by Crippen LogP contribution is 2.20. The van der Waals surface area contributed by atoms with Gasteiger partial charge in [-0.25, -0.2) is 4.98 Å². The minimum absolute atomic E-state index is 0.595. The van der Waals surface area contributed by atoms with Crippen molar-refractivity contribution in [3.63, 3.8) is 0 Å². The Bertz CT molecular complexity index is 172. The maximum atomic E-state index is 4.14. The SMILES string of the molecule is CCCC(C)c1ncns1. The van der Waals surface area contributed by atoms with Crippen molar-refractivity contribution in [2.45, 2.75) is 32.6 Å². The molecule has 0 N–H and O–H groups in total. The molecule has 0 saturated heterocycles. The molecule has 0 bridgehead atoms. The first-order valence-corrected chi connectivity index (χ1v) is 4.38. The molecule has 0 amide bonds. The molecule has 1 heterocycles. The molecule has 0 fully saturated rings. The van der Waals surface area contributed by atoms with Gasteiger partial charge in [-0.2, -0.15) is 4.37 Å². The maximum absolute atomic E-state index is 4.14. The van der Waals surface area contributed by atoms with E-state index < -0.39 is 0 Å². The summed E-state index contributed by atoms with van der Waals surface area (Å²) in [7, 11) is 0. The van der Waals surface area contributed by atoms with Gasteiger partial charge in [-0.05, 0) is 18.0 Å². The molecule has 0 aliphatic carbocycles. The van der Waals surface area contributed by atoms with Gasteiger partial charge in [0.25, 0.3) is 0 Å². The third-order valence-corrected chi connectivity index (χ3v) is 2.42. The van der Waals surface area contributed by atoms with Crippen molar-refractivity contribution in [2.75, 3.05) is 0 Å². The highest BCUT2D eigenvalue weighted by molar-refractivity contribution is 7.05. The molecular formula is C7H12N2S. The van der Waals surface area contributed by atoms with Crippen molar-refractivity contribution in [1.29, 1.82) is 0 Å². The molecule has 1 aromatic rings. The number of aromatic nitrogens is 2. The average Bonchev–Trinajstić information content (AvgIpc) is 2.38. The summed E-state index contributed by atoms with van der Waals surface area (Å²) in [6, 6.07) is 0. The van der Waals surface area contributed by atoms with E-state index in [-0.39, 0.29) is 0 Å². The van der Waals surface area contributed by atoms with Crippen molar-refractivity contribution in [1.82, 2.24) is 9.36 Å². The lowest BCUT2D eigenvalue weighted by Gasteiger charge is -2.02. The van der Waals surface area contributed by atoms with E-state index in [2.05, 4.69) is 23.2 Å². The van der Waals surface area contributed by atoms with Crippen LogP contribution in [0.4, 0.5) is 0 Å². The average molecular weight is 156 g/mol. The summed E-state index contributed by atoms with van der Waals surface area (Å²) in [5.74, 6) is 0.595. The van der Waals surface area contributed by atoms with Crippen LogP contribution in [-0.4, -0.2) is 9.36 Å². The molecule has 0 saturated carbocycles. The van der Waals surface area contributed by atoms with E-state index in [0.717, 1.165) is 0 Å². The van der Waals surface area contributed by atoms with Gasteiger partial charge in [0.15, 0.2) is 0 Å². The van der Waals surface area contributed by atoms with E-state index >= 15 is 0 Å². The van der Waals surface area contributed by atoms with Crippen LogP contribution < -0.4 is 0 Å². The minimum Gasteiger partial charge on any atom is -0.228 e. The van der Waals surface area contributed by atoms with Crippen LogP contribution in [0.3, 0.4) is 0 Å². The summed E-state index contributed by atoms with van der Waals surface area (Å²) in [4.78, 5) is 4.14. The predicted octanol–water partition coefficient (Wildman–Crippen LogP) is 2.44. The lowest BCUT2D eigenvalue weighted by atomic mass is 10.1. The highest BCUT2D eigenvalue weighted by Gasteiger charge is 2.06. The van der Waals surface area contributed by atoms with Gasteiger partial charge < -0.3 is 0 Å². The molecule has 0 aliphatic heterocycles. The minimum atomic E-state index is 0.595. The molecule has 1 rings (SSSR count). The summed E-state index contributed by atoms with van der Waals surface area (Å²) in [5, 5.41) is 1.17. The zero-order valence-corrected chi connectivity index (χ0v) is 7.19. The third kappa shape index (κ3) is 1.77. The van der Waals surface area contributed by atoms with E-state index in [9.17, 15) is 0 Å². The van der Waals surface area contributed by atoms with E-state index in [0.29, 0.717) is 5.92 Å². The summed E-state index contributed by atoms with van der Waals surface area (Å²) < 4.78 is 3.96. The first kappa shape index (κ1) is 7.66. The summed E-state index contributed by atoms with van der Waals surface area (Å²) in [5.41, 5.74) is 0. The largest absolute Gasteiger partial charge is 0.228 e. The normalized spacial score (nSPS) is 13.4. The van der Waals surface area contributed by atoms with Gasteiger partial charge in [0.05, 0.1) is 0 Å². The smallest absolute Gasteiger partial charge is 0.129 e. The fourth-order valence-corrected chi connectivity index (χ4v) is 1.55. The van der Waals surface area contributed by atoms with Crippen molar-refractivity contribution in [3.05, 3.63) is 11.3 Å². The van der Waals surface area contributed by atoms with Crippen molar-refractivity contribution < 1.29 is 0 Å². The van der Waals surface area contributed by atoms with E-state index in [1.165, 1.54) is 29.4 Å². The zero-order chi connectivity index (χ0) is 7.40. The fourth-order valence-electron chi connectivity index (χ4n) is 0.955. The van der Waals surface area contributed by atoms with Crippen molar-refractivity contribution >= 4 is 11.5 Å². The molecule has 0 spiro atoms. The standard InChI is InChI=1S/C7H12N2S/c1-3-4-6(2)7-8-5-9-10-7/h5-6H,3-4H2,1-2H3. The Labute approximate surface area is 65.5 Å². The molecule has 0 radical (unpaired) electrons. The van der Waals surface area contributed by atoms with Crippen LogP contribution in [0.15, 0.2) is 6.33 Å². The number of hydrogen-bond acceptors (Lipinski definition) is 3. The number of rotatable bonds is 3.